The molecular formula is C11H15NO2. The predicted octanol–water partition coefficient (Wildman–Crippen LogP) is 2.46. The molecule has 14 heavy (non-hydrogen) atoms. The molecular weight excluding hydrogens is 178 g/mol. The summed E-state index contributed by atoms with van der Waals surface area (Å²) in [4.78, 5) is 14.5. The quantitative estimate of drug-likeness (QED) is 0.749. The van der Waals surface area contributed by atoms with Crippen LogP contribution >= 0.6 is 0 Å². The minimum Gasteiger partial charge on any atom is -0.462 e. The first kappa shape index (κ1) is 9.31. The normalized spacial score (nSPS) is 16.4. The molecule has 1 heterocycles. The number of aromatic amines is 1. The van der Waals surface area contributed by atoms with E-state index in [-0.39, 0.29) is 5.97 Å². The second kappa shape index (κ2) is 3.86. The van der Waals surface area contributed by atoms with Gasteiger partial charge >= 0.3 is 5.97 Å². The number of carbonyl (C=O) groups excluding carboxylic acids is 1. The Balaban J connectivity index is 2.16. The van der Waals surface area contributed by atoms with Crippen molar-refractivity contribution in [3.8, 4) is 0 Å². The second-order valence-corrected chi connectivity index (χ2v) is 3.67. The number of nitrogens with one attached hydrogen (secondary N) is 1. The van der Waals surface area contributed by atoms with Crippen LogP contribution in [0.15, 0.2) is 12.4 Å². The third-order valence-electron chi connectivity index (χ3n) is 2.82. The van der Waals surface area contributed by atoms with E-state index in [2.05, 4.69) is 4.98 Å². The summed E-state index contributed by atoms with van der Waals surface area (Å²) in [6.07, 6.45) is 7.34. The first-order chi connectivity index (χ1) is 6.83. The van der Waals surface area contributed by atoms with Gasteiger partial charge in [0, 0.05) is 12.4 Å². The van der Waals surface area contributed by atoms with Crippen LogP contribution in [0.3, 0.4) is 0 Å². The lowest BCUT2D eigenvalue weighted by molar-refractivity contribution is 0.0524. The second-order valence-electron chi connectivity index (χ2n) is 3.67. The number of ether oxygens (including phenoxy) is 1. The van der Waals surface area contributed by atoms with E-state index in [1.165, 1.54) is 19.3 Å². The third kappa shape index (κ3) is 1.54. The molecule has 1 aliphatic rings. The smallest absolute Gasteiger partial charge is 0.339 e. The van der Waals surface area contributed by atoms with Crippen molar-refractivity contribution >= 4 is 5.97 Å². The van der Waals surface area contributed by atoms with Crippen LogP contribution in [0.1, 0.15) is 48.0 Å². The topological polar surface area (TPSA) is 42.1 Å². The van der Waals surface area contributed by atoms with Crippen LogP contribution in [0.4, 0.5) is 0 Å². The van der Waals surface area contributed by atoms with Gasteiger partial charge in [0.2, 0.25) is 0 Å². The molecule has 0 atom stereocenters. The highest BCUT2D eigenvalue weighted by atomic mass is 16.5. The molecule has 0 spiro atoms. The summed E-state index contributed by atoms with van der Waals surface area (Å²) >= 11 is 0. The molecule has 1 aliphatic carbocycles. The van der Waals surface area contributed by atoms with Gasteiger partial charge in [0.1, 0.15) is 0 Å². The maximum atomic E-state index is 11.5. The van der Waals surface area contributed by atoms with Gasteiger partial charge in [-0.1, -0.05) is 6.42 Å². The fourth-order valence-corrected chi connectivity index (χ4v) is 1.82. The van der Waals surface area contributed by atoms with Crippen molar-refractivity contribution < 1.29 is 9.53 Å². The molecule has 3 nitrogen and oxygen atoms in total. The lowest BCUT2D eigenvalue weighted by Gasteiger charge is -2.25. The Labute approximate surface area is 83.5 Å². The standard InChI is InChI=1S/C11H15NO2/c1-2-14-11(13)10-7-12-6-9(10)8-4-3-5-8/h6-8,12H,2-5H2,1H3. The number of rotatable bonds is 3. The van der Waals surface area contributed by atoms with E-state index in [0.29, 0.717) is 12.5 Å². The number of aromatic nitrogens is 1. The van der Waals surface area contributed by atoms with Crippen LogP contribution in [0.2, 0.25) is 0 Å². The maximum absolute atomic E-state index is 11.5. The highest BCUT2D eigenvalue weighted by Gasteiger charge is 2.25. The Kier molecular flexibility index (Phi) is 2.57. The fourth-order valence-electron chi connectivity index (χ4n) is 1.82. The summed E-state index contributed by atoms with van der Waals surface area (Å²) in [5.41, 5.74) is 1.85. The average molecular weight is 193 g/mol. The van der Waals surface area contributed by atoms with Crippen LogP contribution in [-0.4, -0.2) is 17.6 Å². The molecule has 0 saturated heterocycles. The van der Waals surface area contributed by atoms with Crippen molar-refractivity contribution in [1.82, 2.24) is 4.98 Å². The molecule has 0 radical (unpaired) electrons. The zero-order chi connectivity index (χ0) is 9.97. The third-order valence-corrected chi connectivity index (χ3v) is 2.82. The molecule has 0 unspecified atom stereocenters. The van der Waals surface area contributed by atoms with Crippen molar-refractivity contribution in [2.75, 3.05) is 6.61 Å². The molecule has 0 bridgehead atoms. The summed E-state index contributed by atoms with van der Waals surface area (Å²) in [5.74, 6) is 0.372. The Bertz CT molecular complexity index is 326. The number of carbonyl (C=O) groups is 1. The van der Waals surface area contributed by atoms with Crippen LogP contribution in [-0.2, 0) is 4.74 Å². The Morgan fingerprint density at radius 1 is 1.57 bits per heavy atom. The summed E-state index contributed by atoms with van der Waals surface area (Å²) in [6.45, 7) is 2.27. The SMILES string of the molecule is CCOC(=O)c1c[nH]cc1C1CCC1. The van der Waals surface area contributed by atoms with E-state index < -0.39 is 0 Å². The van der Waals surface area contributed by atoms with Crippen molar-refractivity contribution in [3.05, 3.63) is 23.5 Å². The Hall–Kier alpha value is -1.25. The van der Waals surface area contributed by atoms with Crippen LogP contribution in [0, 0.1) is 0 Å². The Morgan fingerprint density at radius 2 is 2.36 bits per heavy atom. The van der Waals surface area contributed by atoms with Crippen molar-refractivity contribution in [2.45, 2.75) is 32.1 Å². The highest BCUT2D eigenvalue weighted by Crippen LogP contribution is 2.37. The van der Waals surface area contributed by atoms with Crippen molar-refractivity contribution in [1.29, 1.82) is 0 Å². The summed E-state index contributed by atoms with van der Waals surface area (Å²) in [7, 11) is 0. The molecule has 76 valence electrons. The van der Waals surface area contributed by atoms with Gasteiger partial charge < -0.3 is 9.72 Å². The Morgan fingerprint density at radius 3 is 2.93 bits per heavy atom. The van der Waals surface area contributed by atoms with E-state index in [0.717, 1.165) is 11.1 Å². The summed E-state index contributed by atoms with van der Waals surface area (Å²) in [6, 6.07) is 0. The molecule has 0 amide bonds. The number of hydrogen-bond donors (Lipinski definition) is 1. The van der Waals surface area contributed by atoms with E-state index in [4.69, 9.17) is 4.74 Å². The van der Waals surface area contributed by atoms with E-state index in [1.807, 2.05) is 13.1 Å². The van der Waals surface area contributed by atoms with Crippen LogP contribution in [0.25, 0.3) is 0 Å². The minimum absolute atomic E-state index is 0.198. The number of hydrogen-bond acceptors (Lipinski definition) is 2. The summed E-state index contributed by atoms with van der Waals surface area (Å²) in [5, 5.41) is 0. The van der Waals surface area contributed by atoms with Crippen LogP contribution in [0.5, 0.6) is 0 Å². The van der Waals surface area contributed by atoms with Gasteiger partial charge in [-0.15, -0.1) is 0 Å². The number of esters is 1. The van der Waals surface area contributed by atoms with Crippen molar-refractivity contribution in [3.63, 3.8) is 0 Å². The molecule has 1 N–H and O–H groups in total. The van der Waals surface area contributed by atoms with Gasteiger partial charge in [0.05, 0.1) is 12.2 Å². The predicted molar refractivity (Wildman–Crippen MR) is 53.3 cm³/mol. The molecule has 1 saturated carbocycles. The molecule has 0 aromatic carbocycles. The first-order valence-corrected chi connectivity index (χ1v) is 5.16. The van der Waals surface area contributed by atoms with E-state index in [1.54, 1.807) is 6.20 Å². The highest BCUT2D eigenvalue weighted by molar-refractivity contribution is 5.91. The zero-order valence-corrected chi connectivity index (χ0v) is 8.38. The lowest BCUT2D eigenvalue weighted by Crippen LogP contribution is -2.13. The summed E-state index contributed by atoms with van der Waals surface area (Å²) < 4.78 is 4.99. The maximum Gasteiger partial charge on any atom is 0.339 e. The number of H-pyrrole nitrogens is 1. The van der Waals surface area contributed by atoms with E-state index in [9.17, 15) is 4.79 Å². The minimum atomic E-state index is -0.198. The van der Waals surface area contributed by atoms with Gasteiger partial charge in [-0.2, -0.15) is 0 Å². The molecule has 1 fully saturated rings. The van der Waals surface area contributed by atoms with Crippen LogP contribution < -0.4 is 0 Å². The lowest BCUT2D eigenvalue weighted by atomic mass is 9.80. The molecule has 1 aromatic rings. The van der Waals surface area contributed by atoms with Gasteiger partial charge in [-0.05, 0) is 31.2 Å². The van der Waals surface area contributed by atoms with Gasteiger partial charge in [0.25, 0.3) is 0 Å². The molecule has 2 rings (SSSR count). The largest absolute Gasteiger partial charge is 0.462 e. The van der Waals surface area contributed by atoms with Gasteiger partial charge in [-0.25, -0.2) is 4.79 Å². The molecule has 3 heteroatoms. The van der Waals surface area contributed by atoms with Crippen molar-refractivity contribution in [2.24, 2.45) is 0 Å². The fraction of sp³-hybridized carbons (Fsp3) is 0.545. The van der Waals surface area contributed by atoms with Gasteiger partial charge in [0.15, 0.2) is 0 Å². The average Bonchev–Trinajstić information content (AvgIpc) is 2.50. The first-order valence-electron chi connectivity index (χ1n) is 5.16. The monoisotopic (exact) mass is 193 g/mol. The zero-order valence-electron chi connectivity index (χ0n) is 8.38. The molecule has 0 aliphatic heterocycles. The van der Waals surface area contributed by atoms with E-state index >= 15 is 0 Å². The molecule has 1 aromatic heterocycles. The van der Waals surface area contributed by atoms with Gasteiger partial charge in [-0.3, -0.25) is 0 Å².